The Hall–Kier alpha value is -3.70. The summed E-state index contributed by atoms with van der Waals surface area (Å²) in [5.74, 6) is -0.835. The van der Waals surface area contributed by atoms with Crippen LogP contribution in [0.3, 0.4) is 0 Å². The van der Waals surface area contributed by atoms with Crippen molar-refractivity contribution >= 4 is 21.9 Å². The Morgan fingerprint density at radius 1 is 1.09 bits per heavy atom. The van der Waals surface area contributed by atoms with Crippen LogP contribution >= 0.6 is 0 Å². The number of hydrogen-bond acceptors (Lipinski definition) is 7. The van der Waals surface area contributed by atoms with Gasteiger partial charge < -0.3 is 19.8 Å². The Bertz CT molecular complexity index is 1150. The van der Waals surface area contributed by atoms with Gasteiger partial charge in [-0.15, -0.1) is 0 Å². The molecule has 1 heterocycles. The van der Waals surface area contributed by atoms with Gasteiger partial charge in [0.15, 0.2) is 0 Å². The van der Waals surface area contributed by atoms with Crippen molar-refractivity contribution in [2.75, 3.05) is 13.7 Å². The third kappa shape index (κ3) is 7.16. The summed E-state index contributed by atoms with van der Waals surface area (Å²) < 4.78 is 38.2. The third-order valence-electron chi connectivity index (χ3n) is 4.61. The molecule has 11 heteroatoms. The minimum Gasteiger partial charge on any atom is -0.497 e. The van der Waals surface area contributed by atoms with Crippen LogP contribution < -0.4 is 14.8 Å². The van der Waals surface area contributed by atoms with Crippen molar-refractivity contribution in [1.82, 2.24) is 20.0 Å². The normalized spacial score (nSPS) is 12.0. The maximum atomic E-state index is 12.8. The van der Waals surface area contributed by atoms with Gasteiger partial charge >= 0.3 is 5.97 Å². The number of rotatable bonds is 11. The van der Waals surface area contributed by atoms with Crippen LogP contribution in [0.5, 0.6) is 5.75 Å². The zero-order chi connectivity index (χ0) is 23.7. The fourth-order valence-corrected chi connectivity index (χ4v) is 4.08. The number of nitrogens with zero attached hydrogens (tertiary/aromatic N) is 1. The van der Waals surface area contributed by atoms with E-state index >= 15 is 0 Å². The third-order valence-corrected chi connectivity index (χ3v) is 6.10. The first-order chi connectivity index (χ1) is 15.9. The molecule has 1 atom stereocenters. The first-order valence-corrected chi connectivity index (χ1v) is 11.5. The summed E-state index contributed by atoms with van der Waals surface area (Å²) in [5.41, 5.74) is 1.35. The lowest BCUT2D eigenvalue weighted by molar-refractivity contribution is -0.145. The van der Waals surface area contributed by atoms with Crippen molar-refractivity contribution in [1.29, 1.82) is 0 Å². The molecule has 10 nitrogen and oxygen atoms in total. The van der Waals surface area contributed by atoms with E-state index in [0.29, 0.717) is 11.4 Å². The number of H-pyrrole nitrogens is 1. The molecule has 0 aliphatic heterocycles. The van der Waals surface area contributed by atoms with Crippen LogP contribution in [0, 0.1) is 0 Å². The molecule has 3 rings (SSSR count). The van der Waals surface area contributed by atoms with E-state index in [4.69, 9.17) is 9.47 Å². The highest BCUT2D eigenvalue weighted by molar-refractivity contribution is 7.89. The monoisotopic (exact) mass is 472 g/mol. The number of methoxy groups -OCH3 is 1. The van der Waals surface area contributed by atoms with E-state index in [0.717, 1.165) is 5.56 Å². The molecule has 3 aromatic rings. The summed E-state index contributed by atoms with van der Waals surface area (Å²) in [6, 6.07) is 13.6. The van der Waals surface area contributed by atoms with Crippen LogP contribution in [-0.2, 0) is 37.4 Å². The molecule has 0 radical (unpaired) electrons. The van der Waals surface area contributed by atoms with Crippen molar-refractivity contribution in [3.63, 3.8) is 0 Å². The van der Waals surface area contributed by atoms with Crippen LogP contribution in [0.4, 0.5) is 0 Å². The standard InChI is InChI=1S/C22H24N4O6S/c1-31-18-7-9-19(10-8-18)33(29,30)26-20(11-17-12-23-15-25-17)22(28)24-13-21(27)32-14-16-5-3-2-4-6-16/h2-10,12,15,20,26H,11,13-14H2,1H3,(H,23,25)(H,24,28)/t20-/m0/s1. The van der Waals surface area contributed by atoms with E-state index in [9.17, 15) is 18.0 Å². The number of hydrogen-bond donors (Lipinski definition) is 3. The fraction of sp³-hybridized carbons (Fsp3) is 0.227. The van der Waals surface area contributed by atoms with Crippen LogP contribution in [0.1, 0.15) is 11.3 Å². The van der Waals surface area contributed by atoms with Crippen LogP contribution in [-0.4, -0.2) is 50.0 Å². The molecule has 0 unspecified atom stereocenters. The second kappa shape index (κ2) is 11.2. The highest BCUT2D eigenvalue weighted by Gasteiger charge is 2.27. The SMILES string of the molecule is COc1ccc(S(=O)(=O)N[C@@H](Cc2cnc[nH]2)C(=O)NCC(=O)OCc2ccccc2)cc1. The van der Waals surface area contributed by atoms with Gasteiger partial charge in [0.2, 0.25) is 15.9 Å². The van der Waals surface area contributed by atoms with Gasteiger partial charge in [-0.25, -0.2) is 13.4 Å². The second-order valence-corrected chi connectivity index (χ2v) is 8.71. The first kappa shape index (κ1) is 24.0. The molecule has 0 aliphatic rings. The molecule has 33 heavy (non-hydrogen) atoms. The van der Waals surface area contributed by atoms with Crippen LogP contribution in [0.25, 0.3) is 0 Å². The number of ether oxygens (including phenoxy) is 2. The lowest BCUT2D eigenvalue weighted by Crippen LogP contribution is -2.49. The minimum absolute atomic E-state index is 0.000279. The smallest absolute Gasteiger partial charge is 0.325 e. The molecule has 1 amide bonds. The topological polar surface area (TPSA) is 139 Å². The maximum absolute atomic E-state index is 12.8. The number of imidazole rings is 1. The van der Waals surface area contributed by atoms with Crippen molar-refractivity contribution in [2.24, 2.45) is 0 Å². The van der Waals surface area contributed by atoms with Gasteiger partial charge in [0.05, 0.1) is 18.3 Å². The predicted octanol–water partition coefficient (Wildman–Crippen LogP) is 1.17. The van der Waals surface area contributed by atoms with Crippen LogP contribution in [0.15, 0.2) is 72.0 Å². The number of aromatic amines is 1. The van der Waals surface area contributed by atoms with Gasteiger partial charge in [0.1, 0.15) is 24.9 Å². The van der Waals surface area contributed by atoms with E-state index in [1.807, 2.05) is 18.2 Å². The van der Waals surface area contributed by atoms with Crippen molar-refractivity contribution in [3.8, 4) is 5.75 Å². The molecular formula is C22H24N4O6S. The maximum Gasteiger partial charge on any atom is 0.325 e. The van der Waals surface area contributed by atoms with Crippen molar-refractivity contribution in [3.05, 3.63) is 78.4 Å². The zero-order valence-electron chi connectivity index (χ0n) is 17.9. The molecule has 0 bridgehead atoms. The minimum atomic E-state index is -4.03. The average molecular weight is 473 g/mol. The highest BCUT2D eigenvalue weighted by atomic mass is 32.2. The number of benzene rings is 2. The quantitative estimate of drug-likeness (QED) is 0.356. The number of carbonyl (C=O) groups excluding carboxylic acids is 2. The number of sulfonamides is 1. The predicted molar refractivity (Wildman–Crippen MR) is 119 cm³/mol. The van der Waals surface area contributed by atoms with Gasteiger partial charge in [-0.05, 0) is 29.8 Å². The van der Waals surface area contributed by atoms with E-state index in [1.165, 1.54) is 43.9 Å². The van der Waals surface area contributed by atoms with Gasteiger partial charge in [-0.3, -0.25) is 9.59 Å². The Labute approximate surface area is 191 Å². The molecule has 0 saturated carbocycles. The Balaban J connectivity index is 1.63. The van der Waals surface area contributed by atoms with Crippen LogP contribution in [0.2, 0.25) is 0 Å². The highest BCUT2D eigenvalue weighted by Crippen LogP contribution is 2.16. The summed E-state index contributed by atoms with van der Waals surface area (Å²) in [7, 11) is -2.56. The van der Waals surface area contributed by atoms with Crippen molar-refractivity contribution < 1.29 is 27.5 Å². The largest absolute Gasteiger partial charge is 0.497 e. The van der Waals surface area contributed by atoms with Gasteiger partial charge in [-0.1, -0.05) is 30.3 Å². The van der Waals surface area contributed by atoms with Gasteiger partial charge in [0, 0.05) is 18.3 Å². The number of nitrogens with one attached hydrogen (secondary N) is 3. The Kier molecular flexibility index (Phi) is 8.17. The average Bonchev–Trinajstić information content (AvgIpc) is 3.34. The second-order valence-electron chi connectivity index (χ2n) is 6.99. The van der Waals surface area contributed by atoms with Crippen molar-refractivity contribution in [2.45, 2.75) is 24.0 Å². The number of aromatic nitrogens is 2. The lowest BCUT2D eigenvalue weighted by atomic mass is 10.1. The van der Waals surface area contributed by atoms with E-state index in [1.54, 1.807) is 12.1 Å². The molecule has 3 N–H and O–H groups in total. The summed E-state index contributed by atoms with van der Waals surface area (Å²) in [6.07, 6.45) is 2.90. The lowest BCUT2D eigenvalue weighted by Gasteiger charge is -2.18. The van der Waals surface area contributed by atoms with Gasteiger partial charge in [0.25, 0.3) is 0 Å². The zero-order valence-corrected chi connectivity index (χ0v) is 18.7. The fourth-order valence-electron chi connectivity index (χ4n) is 2.89. The van der Waals surface area contributed by atoms with E-state index in [-0.39, 0.29) is 17.9 Å². The summed E-state index contributed by atoms with van der Waals surface area (Å²) in [6.45, 7) is -0.341. The molecule has 1 aromatic heterocycles. The molecular weight excluding hydrogens is 448 g/mol. The first-order valence-electron chi connectivity index (χ1n) is 9.98. The summed E-state index contributed by atoms with van der Waals surface area (Å²) in [5, 5.41) is 2.43. The summed E-state index contributed by atoms with van der Waals surface area (Å²) in [4.78, 5) is 31.5. The number of amides is 1. The van der Waals surface area contributed by atoms with E-state index < -0.39 is 34.5 Å². The summed E-state index contributed by atoms with van der Waals surface area (Å²) >= 11 is 0. The molecule has 0 aliphatic carbocycles. The Morgan fingerprint density at radius 3 is 2.45 bits per heavy atom. The number of esters is 1. The molecule has 2 aromatic carbocycles. The van der Waals surface area contributed by atoms with Gasteiger partial charge in [-0.2, -0.15) is 4.72 Å². The number of carbonyl (C=O) groups is 2. The van der Waals surface area contributed by atoms with E-state index in [2.05, 4.69) is 20.0 Å². The molecule has 0 saturated heterocycles. The Morgan fingerprint density at radius 2 is 1.82 bits per heavy atom. The molecule has 0 fully saturated rings. The molecule has 174 valence electrons. The molecule has 0 spiro atoms.